The number of nitrogens with one attached hydrogen (secondary N) is 1. The molecule has 1 N–H and O–H groups in total. The number of hydrogen-bond acceptors (Lipinski definition) is 2. The van der Waals surface area contributed by atoms with Crippen LogP contribution in [0.25, 0.3) is 0 Å². The number of ether oxygens (including phenoxy) is 1. The third-order valence-electron chi connectivity index (χ3n) is 2.94. The summed E-state index contributed by atoms with van der Waals surface area (Å²) in [5, 5.41) is 3.47. The first-order chi connectivity index (χ1) is 7.90. The SMILES string of the molecule is CCc1ccccc1NCC1CCC=CO1. The number of rotatable bonds is 4. The predicted octanol–water partition coefficient (Wildman–Crippen LogP) is 3.35. The highest BCUT2D eigenvalue weighted by molar-refractivity contribution is 5.51. The summed E-state index contributed by atoms with van der Waals surface area (Å²) in [5.41, 5.74) is 2.61. The number of benzene rings is 1. The van der Waals surface area contributed by atoms with E-state index in [1.165, 1.54) is 11.3 Å². The second-order valence-corrected chi connectivity index (χ2v) is 4.10. The van der Waals surface area contributed by atoms with Crippen molar-refractivity contribution in [1.82, 2.24) is 0 Å². The van der Waals surface area contributed by atoms with Gasteiger partial charge in [0.2, 0.25) is 0 Å². The monoisotopic (exact) mass is 217 g/mol. The fourth-order valence-corrected chi connectivity index (χ4v) is 1.96. The van der Waals surface area contributed by atoms with E-state index in [0.717, 1.165) is 25.8 Å². The van der Waals surface area contributed by atoms with E-state index in [1.54, 1.807) is 0 Å². The molecule has 2 nitrogen and oxygen atoms in total. The maximum Gasteiger partial charge on any atom is 0.115 e. The van der Waals surface area contributed by atoms with E-state index in [4.69, 9.17) is 4.74 Å². The van der Waals surface area contributed by atoms with Crippen LogP contribution in [0.1, 0.15) is 25.3 Å². The highest BCUT2D eigenvalue weighted by Crippen LogP contribution is 2.17. The average molecular weight is 217 g/mol. The van der Waals surface area contributed by atoms with E-state index in [-0.39, 0.29) is 0 Å². The maximum absolute atomic E-state index is 5.53. The van der Waals surface area contributed by atoms with Crippen molar-refractivity contribution >= 4 is 5.69 Å². The molecular weight excluding hydrogens is 198 g/mol. The van der Waals surface area contributed by atoms with Gasteiger partial charge in [-0.3, -0.25) is 0 Å². The van der Waals surface area contributed by atoms with Crippen molar-refractivity contribution < 1.29 is 4.74 Å². The van der Waals surface area contributed by atoms with Crippen LogP contribution in [0.2, 0.25) is 0 Å². The number of hydrogen-bond donors (Lipinski definition) is 1. The summed E-state index contributed by atoms with van der Waals surface area (Å²) in [5.74, 6) is 0. The normalized spacial score (nSPS) is 19.2. The standard InChI is InChI=1S/C14H19NO/c1-2-12-7-3-4-9-14(12)15-11-13-8-5-6-10-16-13/h3-4,6-7,9-10,13,15H,2,5,8,11H2,1H3. The Morgan fingerprint density at radius 3 is 3.00 bits per heavy atom. The van der Waals surface area contributed by atoms with E-state index in [1.807, 2.05) is 6.26 Å². The lowest BCUT2D eigenvalue weighted by molar-refractivity contribution is 0.135. The molecule has 0 saturated heterocycles. The van der Waals surface area contributed by atoms with Crippen LogP contribution in [0.5, 0.6) is 0 Å². The van der Waals surface area contributed by atoms with Crippen molar-refractivity contribution in [2.45, 2.75) is 32.3 Å². The topological polar surface area (TPSA) is 21.3 Å². The Labute approximate surface area is 97.3 Å². The molecule has 1 unspecified atom stereocenters. The molecule has 0 amide bonds. The van der Waals surface area contributed by atoms with Crippen LogP contribution in [0, 0.1) is 0 Å². The van der Waals surface area contributed by atoms with Crippen molar-refractivity contribution in [3.05, 3.63) is 42.2 Å². The van der Waals surface area contributed by atoms with E-state index >= 15 is 0 Å². The molecule has 0 bridgehead atoms. The molecule has 1 aromatic rings. The lowest BCUT2D eigenvalue weighted by Crippen LogP contribution is -2.23. The van der Waals surface area contributed by atoms with Crippen LogP contribution in [-0.2, 0) is 11.2 Å². The van der Waals surface area contributed by atoms with Crippen molar-refractivity contribution in [2.24, 2.45) is 0 Å². The van der Waals surface area contributed by atoms with E-state index in [9.17, 15) is 0 Å². The summed E-state index contributed by atoms with van der Waals surface area (Å²) >= 11 is 0. The molecule has 86 valence electrons. The third-order valence-corrected chi connectivity index (χ3v) is 2.94. The van der Waals surface area contributed by atoms with Gasteiger partial charge >= 0.3 is 0 Å². The van der Waals surface area contributed by atoms with Gasteiger partial charge in [0.05, 0.1) is 12.8 Å². The fraction of sp³-hybridized carbons (Fsp3) is 0.429. The van der Waals surface area contributed by atoms with Crippen molar-refractivity contribution in [2.75, 3.05) is 11.9 Å². The number of para-hydroxylation sites is 1. The van der Waals surface area contributed by atoms with Crippen molar-refractivity contribution in [3.8, 4) is 0 Å². The fourth-order valence-electron chi connectivity index (χ4n) is 1.96. The quantitative estimate of drug-likeness (QED) is 0.835. The van der Waals surface area contributed by atoms with Gasteiger partial charge in [0.15, 0.2) is 0 Å². The van der Waals surface area contributed by atoms with Crippen LogP contribution in [0.3, 0.4) is 0 Å². The molecule has 16 heavy (non-hydrogen) atoms. The Hall–Kier alpha value is -1.44. The Morgan fingerprint density at radius 1 is 1.38 bits per heavy atom. The molecule has 0 aliphatic carbocycles. The molecule has 0 fully saturated rings. The van der Waals surface area contributed by atoms with E-state index in [2.05, 4.69) is 42.6 Å². The summed E-state index contributed by atoms with van der Waals surface area (Å²) in [6.45, 7) is 3.07. The lowest BCUT2D eigenvalue weighted by Gasteiger charge is -2.21. The summed E-state index contributed by atoms with van der Waals surface area (Å²) in [6.07, 6.45) is 7.52. The molecule has 2 heteroatoms. The van der Waals surface area contributed by atoms with Gasteiger partial charge in [-0.15, -0.1) is 0 Å². The number of allylic oxidation sites excluding steroid dienone is 1. The molecule has 2 rings (SSSR count). The van der Waals surface area contributed by atoms with Gasteiger partial charge in [-0.05, 0) is 37.0 Å². The summed E-state index contributed by atoms with van der Waals surface area (Å²) in [4.78, 5) is 0. The number of anilines is 1. The van der Waals surface area contributed by atoms with E-state index < -0.39 is 0 Å². The molecule has 1 aliphatic heterocycles. The van der Waals surface area contributed by atoms with Gasteiger partial charge in [-0.1, -0.05) is 25.1 Å². The Bertz CT molecular complexity index is 360. The second-order valence-electron chi connectivity index (χ2n) is 4.10. The van der Waals surface area contributed by atoms with Crippen molar-refractivity contribution in [1.29, 1.82) is 0 Å². The summed E-state index contributed by atoms with van der Waals surface area (Å²) < 4.78 is 5.53. The van der Waals surface area contributed by atoms with Crippen LogP contribution in [0.4, 0.5) is 5.69 Å². The molecule has 0 spiro atoms. The van der Waals surface area contributed by atoms with Gasteiger partial charge < -0.3 is 10.1 Å². The molecule has 0 radical (unpaired) electrons. The zero-order valence-corrected chi connectivity index (χ0v) is 9.78. The molecular formula is C14H19NO. The smallest absolute Gasteiger partial charge is 0.115 e. The van der Waals surface area contributed by atoms with Crippen LogP contribution < -0.4 is 5.32 Å². The average Bonchev–Trinajstić information content (AvgIpc) is 2.38. The first-order valence-electron chi connectivity index (χ1n) is 6.02. The highest BCUT2D eigenvalue weighted by Gasteiger charge is 2.10. The van der Waals surface area contributed by atoms with Crippen LogP contribution >= 0.6 is 0 Å². The van der Waals surface area contributed by atoms with E-state index in [0.29, 0.717) is 6.10 Å². The highest BCUT2D eigenvalue weighted by atomic mass is 16.5. The third kappa shape index (κ3) is 2.78. The van der Waals surface area contributed by atoms with Crippen molar-refractivity contribution in [3.63, 3.8) is 0 Å². The second kappa shape index (κ2) is 5.59. The van der Waals surface area contributed by atoms with Gasteiger partial charge in [0.1, 0.15) is 6.10 Å². The maximum atomic E-state index is 5.53. The van der Waals surface area contributed by atoms with Crippen LogP contribution in [0.15, 0.2) is 36.6 Å². The first kappa shape index (κ1) is 11.1. The lowest BCUT2D eigenvalue weighted by atomic mass is 10.1. The molecule has 1 atom stereocenters. The summed E-state index contributed by atoms with van der Waals surface area (Å²) in [7, 11) is 0. The molecule has 1 heterocycles. The molecule has 0 aromatic heterocycles. The predicted molar refractivity (Wildman–Crippen MR) is 67.6 cm³/mol. The Kier molecular flexibility index (Phi) is 3.86. The minimum absolute atomic E-state index is 0.315. The Morgan fingerprint density at radius 2 is 2.25 bits per heavy atom. The zero-order chi connectivity index (χ0) is 11.2. The largest absolute Gasteiger partial charge is 0.497 e. The van der Waals surface area contributed by atoms with Gasteiger partial charge in [0, 0.05) is 5.69 Å². The molecule has 0 saturated carbocycles. The first-order valence-corrected chi connectivity index (χ1v) is 6.02. The minimum atomic E-state index is 0.315. The minimum Gasteiger partial charge on any atom is -0.497 e. The van der Waals surface area contributed by atoms with Gasteiger partial charge in [-0.2, -0.15) is 0 Å². The molecule has 1 aliphatic rings. The zero-order valence-electron chi connectivity index (χ0n) is 9.78. The van der Waals surface area contributed by atoms with Gasteiger partial charge in [-0.25, -0.2) is 0 Å². The summed E-state index contributed by atoms with van der Waals surface area (Å²) in [6, 6.07) is 8.47. The molecule has 1 aromatic carbocycles. The number of aryl methyl sites for hydroxylation is 1. The van der Waals surface area contributed by atoms with Gasteiger partial charge in [0.25, 0.3) is 0 Å². The Balaban J connectivity index is 1.91. The van der Waals surface area contributed by atoms with Crippen LogP contribution in [-0.4, -0.2) is 12.6 Å².